The van der Waals surface area contributed by atoms with Gasteiger partial charge >= 0.3 is 0 Å². The second-order valence-corrected chi connectivity index (χ2v) is 14.3. The minimum absolute atomic E-state index is 0.00936. The predicted octanol–water partition coefficient (Wildman–Crippen LogP) is 6.60. The van der Waals surface area contributed by atoms with Gasteiger partial charge in [0.25, 0.3) is 0 Å². The van der Waals surface area contributed by atoms with Gasteiger partial charge in [-0.1, -0.05) is 73.2 Å². The number of hydrogen-bond donors (Lipinski definition) is 2. The molecule has 2 N–H and O–H groups in total. The molecule has 0 bridgehead atoms. The molecule has 2 aliphatic heterocycles. The number of fused-ring (bicyclic) bond motifs is 1. The molecule has 0 aliphatic carbocycles. The van der Waals surface area contributed by atoms with Crippen molar-refractivity contribution in [1.29, 1.82) is 0 Å². The topological polar surface area (TPSA) is 95.0 Å². The van der Waals surface area contributed by atoms with Gasteiger partial charge in [0.2, 0.25) is 11.8 Å². The molecular weight excluding hydrogens is 636 g/mol. The summed E-state index contributed by atoms with van der Waals surface area (Å²) in [6, 6.07) is 29.9. The van der Waals surface area contributed by atoms with Gasteiger partial charge in [0.1, 0.15) is 18.5 Å². The fraction of sp³-hybridized carbons (Fsp3) is 0.465. The van der Waals surface area contributed by atoms with E-state index < -0.39 is 12.1 Å². The number of pyridine rings is 1. The Balaban J connectivity index is 1.19. The number of likely N-dealkylation sites (tertiary alicyclic amines) is 1. The number of imide groups is 1. The summed E-state index contributed by atoms with van der Waals surface area (Å²) >= 11 is 0. The van der Waals surface area contributed by atoms with E-state index in [9.17, 15) is 14.7 Å². The summed E-state index contributed by atoms with van der Waals surface area (Å²) in [6.45, 7) is 2.69. The number of nitrogens with one attached hydrogen (secondary N) is 1. The third-order valence-electron chi connectivity index (χ3n) is 10.6. The van der Waals surface area contributed by atoms with Crippen LogP contribution < -0.4 is 10.1 Å². The molecule has 2 aliphatic rings. The molecule has 51 heavy (non-hydrogen) atoms. The van der Waals surface area contributed by atoms with Crippen LogP contribution in [-0.4, -0.2) is 82.7 Å². The molecular formula is C43H54N4O4. The van der Waals surface area contributed by atoms with E-state index in [1.54, 1.807) is 11.1 Å². The predicted molar refractivity (Wildman–Crippen MR) is 202 cm³/mol. The Bertz CT molecular complexity index is 1610. The Labute approximate surface area is 303 Å². The van der Waals surface area contributed by atoms with E-state index in [1.807, 2.05) is 42.5 Å². The Morgan fingerprint density at radius 2 is 1.51 bits per heavy atom. The third-order valence-corrected chi connectivity index (χ3v) is 10.6. The molecule has 4 aromatic rings. The Hall–Kier alpha value is -4.11. The number of amides is 2. The van der Waals surface area contributed by atoms with Crippen LogP contribution >= 0.6 is 0 Å². The number of aliphatic hydroxyl groups excluding tert-OH is 1. The first-order chi connectivity index (χ1) is 25.1. The standard InChI is InChI=1S/C43H54N4O4/c48-37(32-51-41-24-11-22-39-38(41)21-12-27-45-39)31-46-30-8-7-23-40(46)43(50)47(42(49)35-25-28-44-29-26-35)36(19-9-17-33-13-3-1-4-14-33)20-10-18-34-15-5-2-6-16-34/h1-6,11-16,21-22,24,27,35-37,40,44,48H,7-10,17-20,23,25-26,28-32H2/t37-,40?/m1/s1. The zero-order valence-corrected chi connectivity index (χ0v) is 29.9. The molecule has 270 valence electrons. The largest absolute Gasteiger partial charge is 0.490 e. The number of β-amino-alcohol motifs (C(OH)–C–C–N with tert-alkyl or cyclic N) is 1. The van der Waals surface area contributed by atoms with Crippen LogP contribution in [-0.2, 0) is 22.4 Å². The average molecular weight is 691 g/mol. The van der Waals surface area contributed by atoms with Gasteiger partial charge in [-0.2, -0.15) is 0 Å². The van der Waals surface area contributed by atoms with Gasteiger partial charge in [-0.05, 0) is 119 Å². The van der Waals surface area contributed by atoms with Crippen LogP contribution in [0.3, 0.4) is 0 Å². The van der Waals surface area contributed by atoms with Gasteiger partial charge in [0.15, 0.2) is 0 Å². The van der Waals surface area contributed by atoms with Gasteiger partial charge in [-0.25, -0.2) is 0 Å². The van der Waals surface area contributed by atoms with E-state index in [-0.39, 0.29) is 30.4 Å². The van der Waals surface area contributed by atoms with Crippen molar-refractivity contribution in [2.24, 2.45) is 5.92 Å². The maximum Gasteiger partial charge on any atom is 0.246 e. The number of piperidine rings is 2. The van der Waals surface area contributed by atoms with Crippen molar-refractivity contribution in [2.45, 2.75) is 88.8 Å². The molecule has 1 unspecified atom stereocenters. The molecule has 2 amide bonds. The van der Waals surface area contributed by atoms with Crippen LogP contribution in [0.1, 0.15) is 68.9 Å². The lowest BCUT2D eigenvalue weighted by Crippen LogP contribution is -2.58. The molecule has 8 heteroatoms. The Kier molecular flexibility index (Phi) is 13.6. The zero-order chi connectivity index (χ0) is 35.3. The van der Waals surface area contributed by atoms with Crippen molar-refractivity contribution in [3.63, 3.8) is 0 Å². The van der Waals surface area contributed by atoms with Crippen LogP contribution in [0.15, 0.2) is 97.2 Å². The molecule has 0 radical (unpaired) electrons. The summed E-state index contributed by atoms with van der Waals surface area (Å²) in [5, 5.41) is 15.6. The maximum atomic E-state index is 14.9. The van der Waals surface area contributed by atoms with Crippen molar-refractivity contribution in [3.05, 3.63) is 108 Å². The second-order valence-electron chi connectivity index (χ2n) is 14.3. The van der Waals surface area contributed by atoms with Gasteiger partial charge in [-0.15, -0.1) is 0 Å². The van der Waals surface area contributed by atoms with E-state index in [1.165, 1.54) is 11.1 Å². The lowest BCUT2D eigenvalue weighted by atomic mass is 9.91. The lowest BCUT2D eigenvalue weighted by molar-refractivity contribution is -0.156. The van der Waals surface area contributed by atoms with Crippen molar-refractivity contribution in [1.82, 2.24) is 20.1 Å². The average Bonchev–Trinajstić information content (AvgIpc) is 3.18. The molecule has 2 saturated heterocycles. The number of carbonyl (C=O) groups is 2. The molecule has 0 spiro atoms. The summed E-state index contributed by atoms with van der Waals surface area (Å²) in [4.78, 5) is 37.8. The van der Waals surface area contributed by atoms with E-state index in [0.29, 0.717) is 25.3 Å². The number of aliphatic hydroxyl groups is 1. The van der Waals surface area contributed by atoms with Crippen LogP contribution in [0.4, 0.5) is 0 Å². The minimum Gasteiger partial charge on any atom is -0.490 e. The van der Waals surface area contributed by atoms with Crippen LogP contribution in [0.2, 0.25) is 0 Å². The number of aromatic nitrogens is 1. The quantitative estimate of drug-likeness (QED) is 0.128. The van der Waals surface area contributed by atoms with E-state index in [4.69, 9.17) is 4.74 Å². The molecule has 8 nitrogen and oxygen atoms in total. The van der Waals surface area contributed by atoms with Crippen LogP contribution in [0.5, 0.6) is 5.75 Å². The number of ether oxygens (including phenoxy) is 1. The van der Waals surface area contributed by atoms with Crippen molar-refractivity contribution in [3.8, 4) is 5.75 Å². The highest BCUT2D eigenvalue weighted by molar-refractivity contribution is 5.99. The highest BCUT2D eigenvalue weighted by Gasteiger charge is 2.40. The van der Waals surface area contributed by atoms with Crippen molar-refractivity contribution in [2.75, 3.05) is 32.8 Å². The summed E-state index contributed by atoms with van der Waals surface area (Å²) in [6.07, 6.45) is 10.2. The minimum atomic E-state index is -0.800. The van der Waals surface area contributed by atoms with Gasteiger partial charge in [-0.3, -0.25) is 24.4 Å². The Morgan fingerprint density at radius 3 is 2.20 bits per heavy atom. The zero-order valence-electron chi connectivity index (χ0n) is 29.9. The summed E-state index contributed by atoms with van der Waals surface area (Å²) < 4.78 is 6.11. The smallest absolute Gasteiger partial charge is 0.246 e. The Morgan fingerprint density at radius 1 is 0.824 bits per heavy atom. The van der Waals surface area contributed by atoms with E-state index >= 15 is 0 Å². The molecule has 0 saturated carbocycles. The first-order valence-corrected chi connectivity index (χ1v) is 19.1. The van der Waals surface area contributed by atoms with Gasteiger partial charge in [0.05, 0.1) is 11.6 Å². The van der Waals surface area contributed by atoms with Crippen LogP contribution in [0, 0.1) is 5.92 Å². The number of hydrogen-bond acceptors (Lipinski definition) is 7. The summed E-state index contributed by atoms with van der Waals surface area (Å²) in [5.41, 5.74) is 3.39. The van der Waals surface area contributed by atoms with Crippen molar-refractivity contribution >= 4 is 22.7 Å². The molecule has 3 aromatic carbocycles. The van der Waals surface area contributed by atoms with E-state index in [2.05, 4.69) is 63.7 Å². The van der Waals surface area contributed by atoms with Gasteiger partial charge in [0, 0.05) is 30.1 Å². The van der Waals surface area contributed by atoms with Gasteiger partial charge < -0.3 is 15.2 Å². The molecule has 2 atom stereocenters. The summed E-state index contributed by atoms with van der Waals surface area (Å²) in [7, 11) is 0. The summed E-state index contributed by atoms with van der Waals surface area (Å²) in [5.74, 6) is 0.423. The number of aryl methyl sites for hydroxylation is 2. The lowest BCUT2D eigenvalue weighted by Gasteiger charge is -2.41. The number of benzene rings is 3. The third kappa shape index (κ3) is 10.2. The highest BCUT2D eigenvalue weighted by Crippen LogP contribution is 2.28. The molecule has 3 heterocycles. The monoisotopic (exact) mass is 690 g/mol. The van der Waals surface area contributed by atoms with E-state index in [0.717, 1.165) is 88.2 Å². The van der Waals surface area contributed by atoms with Crippen molar-refractivity contribution < 1.29 is 19.4 Å². The first kappa shape index (κ1) is 36.7. The first-order valence-electron chi connectivity index (χ1n) is 19.1. The highest BCUT2D eigenvalue weighted by atomic mass is 16.5. The number of rotatable bonds is 16. The number of nitrogens with zero attached hydrogens (tertiary/aromatic N) is 3. The molecule has 6 rings (SSSR count). The normalized spacial score (nSPS) is 17.7. The second kappa shape index (κ2) is 18.9. The molecule has 2 fully saturated rings. The fourth-order valence-corrected chi connectivity index (χ4v) is 7.87. The maximum absolute atomic E-state index is 14.9. The fourth-order valence-electron chi connectivity index (χ4n) is 7.87. The number of carbonyl (C=O) groups excluding carboxylic acids is 2. The van der Waals surface area contributed by atoms with Crippen LogP contribution in [0.25, 0.3) is 10.9 Å². The molecule has 1 aromatic heterocycles. The SMILES string of the molecule is O=C(C1CCNCC1)N(C(=O)C1CCCCN1C[C@@H](O)COc1cccc2ncccc12)C(CCCc1ccccc1)CCCc1ccccc1.